The largest absolute Gasteiger partial charge is 0.416 e. The molecule has 0 saturated heterocycles. The number of benzene rings is 2. The number of alkyl halides is 3. The number of hydrogen-bond donors (Lipinski definition) is 0. The predicted molar refractivity (Wildman–Crippen MR) is 101 cm³/mol. The van der Waals surface area contributed by atoms with Crippen molar-refractivity contribution in [2.75, 3.05) is 4.90 Å². The van der Waals surface area contributed by atoms with Crippen molar-refractivity contribution < 1.29 is 18.0 Å². The third-order valence-corrected chi connectivity index (χ3v) is 4.78. The van der Waals surface area contributed by atoms with Gasteiger partial charge >= 0.3 is 6.18 Å². The van der Waals surface area contributed by atoms with E-state index in [0.29, 0.717) is 28.1 Å². The third kappa shape index (κ3) is 3.69. The van der Waals surface area contributed by atoms with Crippen LogP contribution in [0.15, 0.2) is 60.8 Å². The van der Waals surface area contributed by atoms with Crippen molar-refractivity contribution in [1.82, 2.24) is 4.98 Å². The predicted octanol–water partition coefficient (Wildman–Crippen LogP) is 4.73. The van der Waals surface area contributed by atoms with Crippen LogP contribution in [-0.2, 0) is 23.9 Å². The third-order valence-electron chi connectivity index (χ3n) is 4.78. The molecule has 0 N–H and O–H groups in total. The summed E-state index contributed by atoms with van der Waals surface area (Å²) in [6.07, 6.45) is -2.81. The van der Waals surface area contributed by atoms with Gasteiger partial charge in [-0.3, -0.25) is 9.78 Å². The fourth-order valence-corrected chi connectivity index (χ4v) is 3.35. The Morgan fingerprint density at radius 1 is 1.07 bits per heavy atom. The summed E-state index contributed by atoms with van der Waals surface area (Å²) in [5, 5.41) is 9.05. The van der Waals surface area contributed by atoms with E-state index in [1.165, 1.54) is 12.3 Å². The molecule has 0 bridgehead atoms. The average Bonchev–Trinajstić information content (AvgIpc) is 3.02. The molecular weight excluding hydrogens is 379 g/mol. The van der Waals surface area contributed by atoms with Gasteiger partial charge in [-0.2, -0.15) is 18.4 Å². The normalized spacial score (nSPS) is 13.3. The quantitative estimate of drug-likeness (QED) is 0.647. The van der Waals surface area contributed by atoms with Gasteiger partial charge in [-0.15, -0.1) is 0 Å². The molecule has 0 spiro atoms. The summed E-state index contributed by atoms with van der Waals surface area (Å²) in [4.78, 5) is 18.4. The van der Waals surface area contributed by atoms with Gasteiger partial charge in [0, 0.05) is 11.8 Å². The van der Waals surface area contributed by atoms with Crippen LogP contribution in [0.4, 0.5) is 18.9 Å². The molecule has 2 heterocycles. The van der Waals surface area contributed by atoms with E-state index < -0.39 is 11.7 Å². The van der Waals surface area contributed by atoms with Gasteiger partial charge in [0.25, 0.3) is 0 Å². The Morgan fingerprint density at radius 3 is 2.62 bits per heavy atom. The second kappa shape index (κ2) is 7.06. The summed E-state index contributed by atoms with van der Waals surface area (Å²) < 4.78 is 39.1. The van der Waals surface area contributed by atoms with Crippen molar-refractivity contribution in [3.05, 3.63) is 83.2 Å². The van der Waals surface area contributed by atoms with Crippen molar-refractivity contribution in [3.63, 3.8) is 0 Å². The van der Waals surface area contributed by atoms with Gasteiger partial charge < -0.3 is 4.90 Å². The smallest absolute Gasteiger partial charge is 0.306 e. The summed E-state index contributed by atoms with van der Waals surface area (Å²) in [7, 11) is 0. The van der Waals surface area contributed by atoms with E-state index in [9.17, 15) is 18.0 Å². The molecule has 2 aromatic carbocycles. The van der Waals surface area contributed by atoms with Gasteiger partial charge in [0.2, 0.25) is 5.91 Å². The standard InChI is InChI=1S/C22H14F3N3O/c23-22(24,25)18-6-2-5-16(8-18)17-9-20-19(27-12-17)10-21(29)28(20)13-15-4-1-3-14(7-15)11-26/h1-9,12H,10,13H2. The van der Waals surface area contributed by atoms with E-state index in [1.807, 2.05) is 6.07 Å². The molecular formula is C22H14F3N3O. The zero-order valence-corrected chi connectivity index (χ0v) is 15.1. The molecule has 0 radical (unpaired) electrons. The number of carbonyl (C=O) groups is 1. The summed E-state index contributed by atoms with van der Waals surface area (Å²) in [6.45, 7) is 0.259. The Hall–Kier alpha value is -3.66. The Kier molecular flexibility index (Phi) is 4.55. The Balaban J connectivity index is 1.70. The molecule has 29 heavy (non-hydrogen) atoms. The Morgan fingerprint density at radius 2 is 1.86 bits per heavy atom. The highest BCUT2D eigenvalue weighted by Crippen LogP contribution is 2.35. The maximum Gasteiger partial charge on any atom is 0.416 e. The van der Waals surface area contributed by atoms with Gasteiger partial charge in [0.1, 0.15) is 0 Å². The molecule has 4 rings (SSSR count). The number of amides is 1. The molecule has 4 nitrogen and oxygen atoms in total. The Labute approximate surface area is 164 Å². The number of aromatic nitrogens is 1. The topological polar surface area (TPSA) is 57.0 Å². The lowest BCUT2D eigenvalue weighted by atomic mass is 10.0. The highest BCUT2D eigenvalue weighted by atomic mass is 19.4. The van der Waals surface area contributed by atoms with Gasteiger partial charge in [0.15, 0.2) is 0 Å². The van der Waals surface area contributed by atoms with Crippen LogP contribution < -0.4 is 4.90 Å². The second-order valence-corrected chi connectivity index (χ2v) is 6.74. The number of rotatable bonds is 3. The van der Waals surface area contributed by atoms with Crippen LogP contribution in [0.3, 0.4) is 0 Å². The monoisotopic (exact) mass is 393 g/mol. The van der Waals surface area contributed by atoms with Crippen LogP contribution in [-0.4, -0.2) is 10.9 Å². The molecule has 1 aromatic heterocycles. The molecule has 1 amide bonds. The molecule has 0 saturated carbocycles. The van der Waals surface area contributed by atoms with Crippen LogP contribution in [0, 0.1) is 11.3 Å². The first-order valence-corrected chi connectivity index (χ1v) is 8.81. The number of pyridine rings is 1. The average molecular weight is 393 g/mol. The number of nitrogens with zero attached hydrogens (tertiary/aromatic N) is 3. The van der Waals surface area contributed by atoms with E-state index >= 15 is 0 Å². The molecule has 0 fully saturated rings. The van der Waals surface area contributed by atoms with Crippen molar-refractivity contribution >= 4 is 11.6 Å². The van der Waals surface area contributed by atoms with E-state index in [0.717, 1.165) is 17.7 Å². The number of fused-ring (bicyclic) bond motifs is 1. The van der Waals surface area contributed by atoms with Crippen molar-refractivity contribution in [2.24, 2.45) is 0 Å². The van der Waals surface area contributed by atoms with Crippen molar-refractivity contribution in [2.45, 2.75) is 19.1 Å². The SMILES string of the molecule is N#Cc1cccc(CN2C(=O)Cc3ncc(-c4cccc(C(F)(F)F)c4)cc32)c1. The number of anilines is 1. The first-order valence-electron chi connectivity index (χ1n) is 8.81. The van der Waals surface area contributed by atoms with Gasteiger partial charge in [-0.25, -0.2) is 0 Å². The molecule has 144 valence electrons. The van der Waals surface area contributed by atoms with Crippen molar-refractivity contribution in [3.8, 4) is 17.2 Å². The number of nitriles is 1. The summed E-state index contributed by atoms with van der Waals surface area (Å²) in [5.74, 6) is -0.143. The van der Waals surface area contributed by atoms with Crippen LogP contribution in [0.2, 0.25) is 0 Å². The summed E-state index contributed by atoms with van der Waals surface area (Å²) in [5.41, 5.74) is 2.58. The number of hydrogen-bond acceptors (Lipinski definition) is 3. The maximum absolute atomic E-state index is 13.0. The van der Waals surface area contributed by atoms with Gasteiger partial charge in [0.05, 0.1) is 41.5 Å². The van der Waals surface area contributed by atoms with E-state index in [1.54, 1.807) is 35.2 Å². The van der Waals surface area contributed by atoms with Crippen LogP contribution in [0.5, 0.6) is 0 Å². The first-order chi connectivity index (χ1) is 13.8. The molecule has 0 unspecified atom stereocenters. The molecule has 7 heteroatoms. The van der Waals surface area contributed by atoms with Crippen LogP contribution in [0.25, 0.3) is 11.1 Å². The zero-order valence-electron chi connectivity index (χ0n) is 15.1. The maximum atomic E-state index is 13.0. The molecule has 1 aliphatic rings. The van der Waals surface area contributed by atoms with E-state index in [4.69, 9.17) is 5.26 Å². The van der Waals surface area contributed by atoms with Crippen LogP contribution in [0.1, 0.15) is 22.4 Å². The highest BCUT2D eigenvalue weighted by Gasteiger charge is 2.31. The number of carbonyl (C=O) groups excluding carboxylic acids is 1. The molecule has 3 aromatic rings. The van der Waals surface area contributed by atoms with Crippen molar-refractivity contribution in [1.29, 1.82) is 5.26 Å². The summed E-state index contributed by atoms with van der Waals surface area (Å²) in [6, 6.07) is 15.7. The lowest BCUT2D eigenvalue weighted by molar-refractivity contribution is -0.137. The second-order valence-electron chi connectivity index (χ2n) is 6.74. The van der Waals surface area contributed by atoms with E-state index in [-0.39, 0.29) is 18.9 Å². The molecule has 0 atom stereocenters. The lowest BCUT2D eigenvalue weighted by Crippen LogP contribution is -2.26. The lowest BCUT2D eigenvalue weighted by Gasteiger charge is -2.18. The Bertz CT molecular complexity index is 1150. The van der Waals surface area contributed by atoms with Gasteiger partial charge in [-0.1, -0.05) is 24.3 Å². The highest BCUT2D eigenvalue weighted by molar-refractivity contribution is 6.01. The minimum atomic E-state index is -4.44. The molecule has 1 aliphatic heterocycles. The minimum absolute atomic E-state index is 0.135. The van der Waals surface area contributed by atoms with E-state index in [2.05, 4.69) is 11.1 Å². The van der Waals surface area contributed by atoms with Crippen LogP contribution >= 0.6 is 0 Å². The number of halogens is 3. The fraction of sp³-hybridized carbons (Fsp3) is 0.136. The minimum Gasteiger partial charge on any atom is -0.306 e. The fourth-order valence-electron chi connectivity index (χ4n) is 3.35. The first kappa shape index (κ1) is 18.7. The zero-order chi connectivity index (χ0) is 20.6. The van der Waals surface area contributed by atoms with Gasteiger partial charge in [-0.05, 0) is 41.5 Å². The molecule has 0 aliphatic carbocycles. The summed E-state index contributed by atoms with van der Waals surface area (Å²) >= 11 is 0.